The average molecular weight is 207 g/mol. The van der Waals surface area contributed by atoms with Gasteiger partial charge in [-0.3, -0.25) is 0 Å². The van der Waals surface area contributed by atoms with E-state index in [-0.39, 0.29) is 0 Å². The minimum Gasteiger partial charge on any atom is -0.326 e. The fourth-order valence-electron chi connectivity index (χ4n) is 1.46. The van der Waals surface area contributed by atoms with Crippen molar-refractivity contribution in [3.05, 3.63) is 53.3 Å². The van der Waals surface area contributed by atoms with E-state index in [4.69, 9.17) is 17.3 Å². The largest absolute Gasteiger partial charge is 0.326 e. The van der Waals surface area contributed by atoms with Gasteiger partial charge in [0.15, 0.2) is 0 Å². The third-order valence-corrected chi connectivity index (χ3v) is 2.38. The zero-order chi connectivity index (χ0) is 9.97. The first-order chi connectivity index (χ1) is 6.81. The van der Waals surface area contributed by atoms with Crippen LogP contribution in [0, 0.1) is 0 Å². The van der Waals surface area contributed by atoms with E-state index >= 15 is 0 Å². The Morgan fingerprint density at radius 1 is 1.21 bits per heavy atom. The number of nitrogens with two attached hydrogens (primary N) is 1. The van der Waals surface area contributed by atoms with Gasteiger partial charge in [0.05, 0.1) is 0 Å². The van der Waals surface area contributed by atoms with Crippen molar-refractivity contribution < 1.29 is 0 Å². The van der Waals surface area contributed by atoms with Crippen LogP contribution in [0.5, 0.6) is 0 Å². The van der Waals surface area contributed by atoms with Crippen LogP contribution in [-0.2, 0) is 6.54 Å². The number of hydrogen-bond donors (Lipinski definition) is 1. The minimum absolute atomic E-state index is 0.494. The molecule has 2 nitrogen and oxygen atoms in total. The number of rotatable bonds is 2. The van der Waals surface area contributed by atoms with Crippen molar-refractivity contribution in [1.82, 2.24) is 4.57 Å². The molecule has 2 N–H and O–H groups in total. The molecule has 1 aromatic carbocycles. The SMILES string of the molecule is NCc1cc(Cl)ccc1-n1cccc1. The molecule has 0 saturated carbocycles. The van der Waals surface area contributed by atoms with E-state index in [0.29, 0.717) is 6.54 Å². The zero-order valence-corrected chi connectivity index (χ0v) is 8.41. The van der Waals surface area contributed by atoms with Gasteiger partial charge in [0.2, 0.25) is 0 Å². The van der Waals surface area contributed by atoms with Crippen molar-refractivity contribution in [3.8, 4) is 5.69 Å². The number of nitrogens with zero attached hydrogens (tertiary/aromatic N) is 1. The molecular formula is C11H11ClN2. The van der Waals surface area contributed by atoms with Crippen LogP contribution in [0.25, 0.3) is 5.69 Å². The molecule has 2 rings (SSSR count). The van der Waals surface area contributed by atoms with E-state index in [9.17, 15) is 0 Å². The Labute approximate surface area is 87.9 Å². The quantitative estimate of drug-likeness (QED) is 0.805. The smallest absolute Gasteiger partial charge is 0.0495 e. The van der Waals surface area contributed by atoms with Gasteiger partial charge in [0, 0.05) is 29.6 Å². The van der Waals surface area contributed by atoms with Crippen molar-refractivity contribution in [2.24, 2.45) is 5.73 Å². The summed E-state index contributed by atoms with van der Waals surface area (Å²) in [5.41, 5.74) is 7.79. The maximum Gasteiger partial charge on any atom is 0.0495 e. The maximum absolute atomic E-state index is 5.89. The summed E-state index contributed by atoms with van der Waals surface area (Å²) in [4.78, 5) is 0. The molecule has 0 aliphatic carbocycles. The van der Waals surface area contributed by atoms with Crippen LogP contribution < -0.4 is 5.73 Å². The van der Waals surface area contributed by atoms with E-state index in [0.717, 1.165) is 16.3 Å². The van der Waals surface area contributed by atoms with Gasteiger partial charge in [-0.1, -0.05) is 11.6 Å². The number of benzene rings is 1. The first-order valence-electron chi connectivity index (χ1n) is 4.43. The van der Waals surface area contributed by atoms with Crippen molar-refractivity contribution in [2.45, 2.75) is 6.54 Å². The molecule has 14 heavy (non-hydrogen) atoms. The van der Waals surface area contributed by atoms with E-state index in [1.807, 2.05) is 47.3 Å². The van der Waals surface area contributed by atoms with Crippen LogP contribution in [0.15, 0.2) is 42.7 Å². The lowest BCUT2D eigenvalue weighted by atomic mass is 10.2. The van der Waals surface area contributed by atoms with Gasteiger partial charge in [0.25, 0.3) is 0 Å². The van der Waals surface area contributed by atoms with Gasteiger partial charge in [-0.05, 0) is 35.9 Å². The molecule has 0 saturated heterocycles. The van der Waals surface area contributed by atoms with Crippen molar-refractivity contribution in [1.29, 1.82) is 0 Å². The molecule has 0 aliphatic heterocycles. The summed E-state index contributed by atoms with van der Waals surface area (Å²) in [6, 6.07) is 9.71. The Morgan fingerprint density at radius 2 is 1.93 bits per heavy atom. The molecule has 3 heteroatoms. The lowest BCUT2D eigenvalue weighted by Gasteiger charge is -2.09. The molecule has 72 valence electrons. The van der Waals surface area contributed by atoms with E-state index in [1.54, 1.807) is 0 Å². The fourth-order valence-corrected chi connectivity index (χ4v) is 1.66. The van der Waals surface area contributed by atoms with Crippen LogP contribution in [0.2, 0.25) is 5.02 Å². The highest BCUT2D eigenvalue weighted by Gasteiger charge is 2.02. The Bertz CT molecular complexity index is 421. The van der Waals surface area contributed by atoms with Crippen molar-refractivity contribution in [2.75, 3.05) is 0 Å². The summed E-state index contributed by atoms with van der Waals surface area (Å²) >= 11 is 5.89. The summed E-state index contributed by atoms with van der Waals surface area (Å²) in [5, 5.41) is 0.723. The molecular weight excluding hydrogens is 196 g/mol. The Balaban J connectivity index is 2.53. The molecule has 0 unspecified atom stereocenters. The van der Waals surface area contributed by atoms with Crippen LogP contribution in [-0.4, -0.2) is 4.57 Å². The van der Waals surface area contributed by atoms with E-state index in [1.165, 1.54) is 0 Å². The first-order valence-corrected chi connectivity index (χ1v) is 4.81. The van der Waals surface area contributed by atoms with E-state index < -0.39 is 0 Å². The normalized spacial score (nSPS) is 10.4. The van der Waals surface area contributed by atoms with Crippen LogP contribution in [0.3, 0.4) is 0 Å². The molecule has 0 fully saturated rings. The van der Waals surface area contributed by atoms with Gasteiger partial charge < -0.3 is 10.3 Å². The third kappa shape index (κ3) is 1.67. The van der Waals surface area contributed by atoms with Gasteiger partial charge in [-0.25, -0.2) is 0 Å². The number of hydrogen-bond acceptors (Lipinski definition) is 1. The van der Waals surface area contributed by atoms with Crippen molar-refractivity contribution in [3.63, 3.8) is 0 Å². The highest BCUT2D eigenvalue weighted by Crippen LogP contribution is 2.19. The fraction of sp³-hybridized carbons (Fsp3) is 0.0909. The predicted molar refractivity (Wildman–Crippen MR) is 58.7 cm³/mol. The molecule has 0 spiro atoms. The second-order valence-corrected chi connectivity index (χ2v) is 3.50. The van der Waals surface area contributed by atoms with Crippen molar-refractivity contribution >= 4 is 11.6 Å². The van der Waals surface area contributed by atoms with Gasteiger partial charge >= 0.3 is 0 Å². The highest BCUT2D eigenvalue weighted by molar-refractivity contribution is 6.30. The first kappa shape index (κ1) is 9.31. The van der Waals surface area contributed by atoms with Crippen LogP contribution in [0.1, 0.15) is 5.56 Å². The summed E-state index contributed by atoms with van der Waals surface area (Å²) in [7, 11) is 0. The second kappa shape index (κ2) is 3.86. The summed E-state index contributed by atoms with van der Waals surface area (Å²) in [6.07, 6.45) is 3.98. The average Bonchev–Trinajstić information content (AvgIpc) is 2.70. The number of aromatic nitrogens is 1. The Kier molecular flexibility index (Phi) is 2.57. The molecule has 0 radical (unpaired) electrons. The molecule has 0 atom stereocenters. The third-order valence-electron chi connectivity index (χ3n) is 2.14. The monoisotopic (exact) mass is 206 g/mol. The zero-order valence-electron chi connectivity index (χ0n) is 7.65. The van der Waals surface area contributed by atoms with Gasteiger partial charge in [-0.15, -0.1) is 0 Å². The topological polar surface area (TPSA) is 30.9 Å². The summed E-state index contributed by atoms with van der Waals surface area (Å²) in [6.45, 7) is 0.494. The molecule has 0 bridgehead atoms. The maximum atomic E-state index is 5.89. The standard InChI is InChI=1S/C11H11ClN2/c12-10-3-4-11(9(7-10)8-13)14-5-1-2-6-14/h1-7H,8,13H2. The lowest BCUT2D eigenvalue weighted by molar-refractivity contribution is 0.992. The van der Waals surface area contributed by atoms with Crippen LogP contribution >= 0.6 is 11.6 Å². The highest BCUT2D eigenvalue weighted by atomic mass is 35.5. The molecule has 2 aromatic rings. The Morgan fingerprint density at radius 3 is 2.57 bits per heavy atom. The van der Waals surface area contributed by atoms with Gasteiger partial charge in [-0.2, -0.15) is 0 Å². The lowest BCUT2D eigenvalue weighted by Crippen LogP contribution is -2.02. The molecule has 0 amide bonds. The van der Waals surface area contributed by atoms with E-state index in [2.05, 4.69) is 0 Å². The summed E-state index contributed by atoms with van der Waals surface area (Å²) < 4.78 is 2.03. The Hall–Kier alpha value is -1.25. The second-order valence-electron chi connectivity index (χ2n) is 3.07. The van der Waals surface area contributed by atoms with Crippen LogP contribution in [0.4, 0.5) is 0 Å². The minimum atomic E-state index is 0.494. The summed E-state index contributed by atoms with van der Waals surface area (Å²) in [5.74, 6) is 0. The molecule has 0 aliphatic rings. The van der Waals surface area contributed by atoms with Gasteiger partial charge in [0.1, 0.15) is 0 Å². The molecule has 1 heterocycles. The predicted octanol–water partition coefficient (Wildman–Crippen LogP) is 2.59. The number of halogens is 1. The molecule has 1 aromatic heterocycles.